The summed E-state index contributed by atoms with van der Waals surface area (Å²) in [5.41, 5.74) is 2.45. The molecule has 0 bridgehead atoms. The summed E-state index contributed by atoms with van der Waals surface area (Å²) < 4.78 is 20.9. The molecule has 0 saturated heterocycles. The van der Waals surface area contributed by atoms with Gasteiger partial charge in [0.2, 0.25) is 34.6 Å². The molecule has 1 aliphatic rings. The van der Waals surface area contributed by atoms with Crippen LogP contribution >= 0.6 is 14.5 Å². The number of hydrogen-bond donors (Lipinski definition) is 2. The zero-order valence-corrected chi connectivity index (χ0v) is 56.4. The molecule has 12 heteroatoms. The van der Waals surface area contributed by atoms with Gasteiger partial charge in [-0.15, -0.1) is 0 Å². The van der Waals surface area contributed by atoms with Gasteiger partial charge >= 0.3 is 0 Å². The number of allylic oxidation sites excluding steroid dienone is 2. The Bertz CT molecular complexity index is 3000. The van der Waals surface area contributed by atoms with Gasteiger partial charge in [-0.25, -0.2) is 0 Å². The van der Waals surface area contributed by atoms with Crippen molar-refractivity contribution in [2.24, 2.45) is 0 Å². The number of phenols is 2. The van der Waals surface area contributed by atoms with Crippen LogP contribution in [0.3, 0.4) is 0 Å². The van der Waals surface area contributed by atoms with Gasteiger partial charge in [-0.05, 0) is 138 Å². The zero-order chi connectivity index (χ0) is 59.6. The third-order valence-electron chi connectivity index (χ3n) is 16.8. The summed E-state index contributed by atoms with van der Waals surface area (Å²) in [5.74, 6) is 0.0844. The largest absolute Gasteiger partial charge is 1.00 e. The van der Waals surface area contributed by atoms with E-state index in [0.29, 0.717) is 29.6 Å². The Labute approximate surface area is 536 Å². The van der Waals surface area contributed by atoms with Gasteiger partial charge in [0.05, 0.1) is 40.8 Å². The number of ketones is 2. The number of methoxy groups -OCH3 is 4. The first-order chi connectivity index (χ1) is 41.1. The molecule has 0 amide bonds. The van der Waals surface area contributed by atoms with E-state index in [9.17, 15) is 19.8 Å². The summed E-state index contributed by atoms with van der Waals surface area (Å²) in [6, 6.07) is 66.8. The highest BCUT2D eigenvalue weighted by Crippen LogP contribution is 2.57. The highest BCUT2D eigenvalue weighted by molar-refractivity contribution is 7.96. The predicted molar refractivity (Wildman–Crippen MR) is 354 cm³/mol. The molecule has 0 spiro atoms. The second-order valence-corrected chi connectivity index (χ2v) is 29.2. The van der Waals surface area contributed by atoms with Crippen molar-refractivity contribution in [1.29, 1.82) is 0 Å². The third-order valence-corrected chi connectivity index (χ3v) is 25.8. The summed E-state index contributed by atoms with van der Waals surface area (Å²) in [6.45, 7) is 3.53. The van der Waals surface area contributed by atoms with Crippen LogP contribution < -0.4 is 75.3 Å². The van der Waals surface area contributed by atoms with E-state index in [1.165, 1.54) is 143 Å². The molecule has 86 heavy (non-hydrogen) atoms. The van der Waals surface area contributed by atoms with E-state index in [4.69, 9.17) is 18.9 Å². The van der Waals surface area contributed by atoms with Crippen molar-refractivity contribution >= 4 is 57.9 Å². The maximum absolute atomic E-state index is 12.8. The number of phenolic OH excluding ortho intramolecular Hbond substituents is 2. The number of halogens is 2. The average molecular weight is 1330 g/mol. The lowest BCUT2D eigenvalue weighted by Crippen LogP contribution is -3.00. The number of benzene rings is 7. The highest BCUT2D eigenvalue weighted by Gasteiger charge is 2.46. The van der Waals surface area contributed by atoms with Crippen LogP contribution in [0.4, 0.5) is 0 Å². The normalized spacial score (nSPS) is 12.4. The number of ether oxygens (including phenoxy) is 4. The van der Waals surface area contributed by atoms with Gasteiger partial charge < -0.3 is 63.1 Å². The Kier molecular flexibility index (Phi) is 30.4. The van der Waals surface area contributed by atoms with Gasteiger partial charge in [-0.3, -0.25) is 9.59 Å². The molecule has 8 nitrogen and oxygen atoms in total. The van der Waals surface area contributed by atoms with Gasteiger partial charge in [0.15, 0.2) is 11.5 Å². The lowest BCUT2D eigenvalue weighted by molar-refractivity contribution is -0.121. The van der Waals surface area contributed by atoms with E-state index in [1.807, 2.05) is 6.92 Å². The lowest BCUT2D eigenvalue weighted by atomic mass is 9.89. The van der Waals surface area contributed by atoms with Crippen LogP contribution in [-0.4, -0.2) is 62.5 Å². The van der Waals surface area contributed by atoms with E-state index >= 15 is 0 Å². The van der Waals surface area contributed by atoms with Crippen LogP contribution in [0.15, 0.2) is 205 Å². The number of aromatic hydroxyl groups is 2. The first-order valence-corrected chi connectivity index (χ1v) is 34.4. The van der Waals surface area contributed by atoms with E-state index in [1.54, 1.807) is 6.92 Å². The highest BCUT2D eigenvalue weighted by atomic mass is 79.9. The third kappa shape index (κ3) is 17.6. The standard InChI is InChI=1S/C37H45O4P.C37H44O4P.2BrH/c2*1-29-33(35(39)37(41-3)36(40-2)34(29)38)27-19-8-6-4-5-7-9-20-28-42(30-21-13-10-14-22-30,31-23-15-11-16-24-31)32-25-17-12-18-26-32;;/h10-18,21-26H,4-9,19-20,27-28H2,1-3H3,(H-,38,39);10-18,21-26H,4-9,19-20,27-28H2,1-3H3;2*1H/q;+1;;/p-1. The van der Waals surface area contributed by atoms with Gasteiger partial charge in [-0.2, -0.15) is 0 Å². The Morgan fingerprint density at radius 1 is 0.337 bits per heavy atom. The lowest BCUT2D eigenvalue weighted by Gasteiger charge is -2.27. The number of Topliss-reactive ketones (excluding diaryl/α,β-unsaturated/α-hetero) is 2. The Morgan fingerprint density at radius 3 is 0.907 bits per heavy atom. The molecule has 0 heterocycles. The number of rotatable bonds is 32. The summed E-state index contributed by atoms with van der Waals surface area (Å²) in [6.07, 6.45) is 22.2. The number of hydrogen-bond acceptors (Lipinski definition) is 8. The topological polar surface area (TPSA) is 112 Å². The molecule has 0 unspecified atom stereocenters. The fourth-order valence-electron chi connectivity index (χ4n) is 12.2. The van der Waals surface area contributed by atoms with Gasteiger partial charge in [0, 0.05) is 22.3 Å². The van der Waals surface area contributed by atoms with Crippen LogP contribution in [0, 0.1) is 6.92 Å². The smallest absolute Gasteiger partial charge is 0.228 e. The fourth-order valence-corrected chi connectivity index (χ4v) is 21.0. The first-order valence-electron chi connectivity index (χ1n) is 30.5. The Hall–Kier alpha value is -6.02. The maximum Gasteiger partial charge on any atom is 0.228 e. The van der Waals surface area contributed by atoms with Crippen LogP contribution in [-0.2, 0) is 25.5 Å². The Morgan fingerprint density at radius 2 is 0.605 bits per heavy atom. The minimum absolute atomic E-state index is 0. The molecule has 8 rings (SSSR count). The summed E-state index contributed by atoms with van der Waals surface area (Å²) in [4.78, 5) is 25.4. The summed E-state index contributed by atoms with van der Waals surface area (Å²) in [7, 11) is 2.27. The number of unbranched alkanes of at least 4 members (excludes halogenated alkanes) is 14. The summed E-state index contributed by atoms with van der Waals surface area (Å²) >= 11 is 0. The van der Waals surface area contributed by atoms with Crippen LogP contribution in [0.1, 0.15) is 127 Å². The van der Waals surface area contributed by atoms with E-state index < -0.39 is 14.5 Å². The van der Waals surface area contributed by atoms with Crippen molar-refractivity contribution in [3.8, 4) is 23.0 Å². The minimum atomic E-state index is -1.74. The van der Waals surface area contributed by atoms with Crippen molar-refractivity contribution in [1.82, 2.24) is 0 Å². The SMILES string of the molecule is COC1=C(OC)C(=O)C(CCCCCCCCCC[P+](c2ccccc2)(c2ccccc2)c2ccccc2)=C(C)C1=O.COc1c(O)c(C)c(CCCCCCCCCC[P+](c2ccccc2)(c2ccccc2)c2ccccc2)c(O)c1OC.[Br-].[Br-]. The van der Waals surface area contributed by atoms with Crippen molar-refractivity contribution in [3.05, 3.63) is 216 Å². The zero-order valence-electron chi connectivity index (χ0n) is 51.5. The number of carbonyl (C=O) groups is 2. The molecule has 0 aliphatic heterocycles. The van der Waals surface area contributed by atoms with Gasteiger partial charge in [-0.1, -0.05) is 173 Å². The fraction of sp³-hybridized carbons (Fsp3) is 0.351. The molecular formula is C74H90Br2O8P2. The maximum atomic E-state index is 12.8. The van der Waals surface area contributed by atoms with E-state index in [-0.39, 0.29) is 80.0 Å². The first kappa shape index (κ1) is 70.7. The molecule has 7 aromatic rings. The molecule has 0 atom stereocenters. The molecule has 458 valence electrons. The monoisotopic (exact) mass is 1330 g/mol. The molecule has 2 N–H and O–H groups in total. The molecular weight excluding hydrogens is 1240 g/mol. The van der Waals surface area contributed by atoms with E-state index in [0.717, 1.165) is 37.7 Å². The second kappa shape index (κ2) is 37.0. The molecule has 0 fully saturated rings. The summed E-state index contributed by atoms with van der Waals surface area (Å²) in [5, 5.41) is 29.9. The second-order valence-electron chi connectivity index (χ2n) is 21.9. The van der Waals surface area contributed by atoms with Crippen molar-refractivity contribution in [3.63, 3.8) is 0 Å². The molecule has 0 saturated carbocycles. The molecule has 0 radical (unpaired) electrons. The van der Waals surface area contributed by atoms with Crippen LogP contribution in [0.25, 0.3) is 0 Å². The van der Waals surface area contributed by atoms with Crippen LogP contribution in [0.2, 0.25) is 0 Å². The predicted octanol–water partition coefficient (Wildman–Crippen LogP) is 9.55. The molecule has 0 aromatic heterocycles. The van der Waals surface area contributed by atoms with Crippen molar-refractivity contribution in [2.75, 3.05) is 40.8 Å². The Balaban J connectivity index is 0.000000307. The average Bonchev–Trinajstić information content (AvgIpc) is 1.63. The quantitative estimate of drug-likeness (QED) is 0.0186. The van der Waals surface area contributed by atoms with Crippen molar-refractivity contribution < 1.29 is 72.7 Å². The number of carbonyl (C=O) groups excluding carboxylic acids is 2. The van der Waals surface area contributed by atoms with Gasteiger partial charge in [0.25, 0.3) is 0 Å². The van der Waals surface area contributed by atoms with Crippen molar-refractivity contribution in [2.45, 2.75) is 129 Å². The minimum Gasteiger partial charge on any atom is -1.00 e. The molecule has 1 aliphatic carbocycles. The van der Waals surface area contributed by atoms with E-state index in [2.05, 4.69) is 182 Å². The van der Waals surface area contributed by atoms with Gasteiger partial charge in [0.1, 0.15) is 46.4 Å². The van der Waals surface area contributed by atoms with Crippen LogP contribution in [0.5, 0.6) is 23.0 Å². The molecule has 7 aromatic carbocycles.